The van der Waals surface area contributed by atoms with E-state index in [1.165, 1.54) is 24.9 Å². The fourth-order valence-corrected chi connectivity index (χ4v) is 2.81. The highest BCUT2D eigenvalue weighted by molar-refractivity contribution is 5.83. The van der Waals surface area contributed by atoms with E-state index in [2.05, 4.69) is 5.32 Å². The van der Waals surface area contributed by atoms with Crippen molar-refractivity contribution in [2.45, 2.75) is 13.3 Å². The van der Waals surface area contributed by atoms with Crippen LogP contribution in [0.15, 0.2) is 24.3 Å². The second kappa shape index (κ2) is 7.90. The standard InChI is InChI=1S/C17H22FN3O3/c1-12(22)20-7-8-21(11-14(10-20)17(24)19-2)16(23)9-13-5-3-4-6-15(13)18/h3-6,14H,7-11H2,1-2H3,(H,19,24). The van der Waals surface area contributed by atoms with Crippen LogP contribution < -0.4 is 5.32 Å². The van der Waals surface area contributed by atoms with Gasteiger partial charge in [-0.05, 0) is 11.6 Å². The third-order valence-electron chi connectivity index (χ3n) is 4.24. The summed E-state index contributed by atoms with van der Waals surface area (Å²) < 4.78 is 13.7. The normalized spacial score (nSPS) is 18.0. The number of hydrogen-bond acceptors (Lipinski definition) is 3. The summed E-state index contributed by atoms with van der Waals surface area (Å²) in [5, 5.41) is 2.57. The SMILES string of the molecule is CNC(=O)C1CN(C(C)=O)CCN(C(=O)Cc2ccccc2F)C1. The molecule has 1 saturated heterocycles. The van der Waals surface area contributed by atoms with Gasteiger partial charge in [-0.25, -0.2) is 4.39 Å². The third-order valence-corrected chi connectivity index (χ3v) is 4.24. The fraction of sp³-hybridized carbons (Fsp3) is 0.471. The molecule has 1 N–H and O–H groups in total. The Kier molecular flexibility index (Phi) is 5.89. The molecule has 1 atom stereocenters. The minimum atomic E-state index is -0.494. The summed E-state index contributed by atoms with van der Waals surface area (Å²) in [5.74, 6) is -1.52. The van der Waals surface area contributed by atoms with E-state index in [-0.39, 0.29) is 37.2 Å². The summed E-state index contributed by atoms with van der Waals surface area (Å²) in [4.78, 5) is 39.3. The molecule has 0 aliphatic carbocycles. The highest BCUT2D eigenvalue weighted by Gasteiger charge is 2.30. The largest absolute Gasteiger partial charge is 0.359 e. The third kappa shape index (κ3) is 4.31. The Morgan fingerprint density at radius 1 is 1.17 bits per heavy atom. The molecule has 1 unspecified atom stereocenters. The number of benzene rings is 1. The molecule has 3 amide bonds. The van der Waals surface area contributed by atoms with Crippen molar-refractivity contribution in [1.82, 2.24) is 15.1 Å². The molecule has 7 heteroatoms. The molecule has 0 radical (unpaired) electrons. The molecule has 0 aromatic heterocycles. The average Bonchev–Trinajstić information content (AvgIpc) is 2.79. The minimum Gasteiger partial charge on any atom is -0.359 e. The lowest BCUT2D eigenvalue weighted by Gasteiger charge is -2.23. The Morgan fingerprint density at radius 2 is 1.79 bits per heavy atom. The maximum Gasteiger partial charge on any atom is 0.227 e. The lowest BCUT2D eigenvalue weighted by atomic mass is 10.1. The molecular formula is C17H22FN3O3. The monoisotopic (exact) mass is 335 g/mol. The van der Waals surface area contributed by atoms with Crippen molar-refractivity contribution in [2.75, 3.05) is 33.2 Å². The van der Waals surface area contributed by atoms with Crippen LogP contribution in [0.3, 0.4) is 0 Å². The van der Waals surface area contributed by atoms with Crippen LogP contribution >= 0.6 is 0 Å². The zero-order chi connectivity index (χ0) is 17.7. The van der Waals surface area contributed by atoms with Crippen molar-refractivity contribution in [3.63, 3.8) is 0 Å². The summed E-state index contributed by atoms with van der Waals surface area (Å²) >= 11 is 0. The van der Waals surface area contributed by atoms with E-state index < -0.39 is 11.7 Å². The van der Waals surface area contributed by atoms with E-state index in [0.717, 1.165) is 0 Å². The predicted octanol–water partition coefficient (Wildman–Crippen LogP) is 0.421. The van der Waals surface area contributed by atoms with Gasteiger partial charge in [-0.3, -0.25) is 14.4 Å². The van der Waals surface area contributed by atoms with Crippen molar-refractivity contribution >= 4 is 17.7 Å². The molecule has 130 valence electrons. The van der Waals surface area contributed by atoms with E-state index in [9.17, 15) is 18.8 Å². The smallest absolute Gasteiger partial charge is 0.227 e. The first-order valence-corrected chi connectivity index (χ1v) is 7.90. The number of hydrogen-bond donors (Lipinski definition) is 1. The van der Waals surface area contributed by atoms with E-state index in [1.807, 2.05) is 0 Å². The van der Waals surface area contributed by atoms with Gasteiger partial charge in [0.05, 0.1) is 12.3 Å². The van der Waals surface area contributed by atoms with Gasteiger partial charge in [0.25, 0.3) is 0 Å². The van der Waals surface area contributed by atoms with Gasteiger partial charge in [-0.2, -0.15) is 0 Å². The van der Waals surface area contributed by atoms with Gasteiger partial charge in [-0.1, -0.05) is 18.2 Å². The predicted molar refractivity (Wildman–Crippen MR) is 86.5 cm³/mol. The summed E-state index contributed by atoms with van der Waals surface area (Å²) in [6.45, 7) is 2.64. The number of nitrogens with one attached hydrogen (secondary N) is 1. The maximum atomic E-state index is 13.7. The molecule has 1 aromatic carbocycles. The quantitative estimate of drug-likeness (QED) is 0.870. The second-order valence-electron chi connectivity index (χ2n) is 5.88. The fourth-order valence-electron chi connectivity index (χ4n) is 2.81. The van der Waals surface area contributed by atoms with Crippen molar-refractivity contribution < 1.29 is 18.8 Å². The van der Waals surface area contributed by atoms with Crippen molar-refractivity contribution in [2.24, 2.45) is 5.92 Å². The topological polar surface area (TPSA) is 69.7 Å². The molecule has 0 saturated carbocycles. The molecule has 2 rings (SSSR count). The Balaban J connectivity index is 2.13. The molecule has 1 aliphatic heterocycles. The Labute approximate surface area is 140 Å². The molecule has 1 aliphatic rings. The van der Waals surface area contributed by atoms with Crippen LogP contribution in [0, 0.1) is 11.7 Å². The Bertz CT molecular complexity index is 635. The molecule has 24 heavy (non-hydrogen) atoms. The van der Waals surface area contributed by atoms with Gasteiger partial charge in [0, 0.05) is 40.2 Å². The van der Waals surface area contributed by atoms with Crippen molar-refractivity contribution in [3.05, 3.63) is 35.6 Å². The number of carbonyl (C=O) groups is 3. The van der Waals surface area contributed by atoms with Crippen molar-refractivity contribution in [3.8, 4) is 0 Å². The summed E-state index contributed by atoms with van der Waals surface area (Å²) in [6, 6.07) is 6.14. The molecule has 0 spiro atoms. The number of amides is 3. The zero-order valence-electron chi connectivity index (χ0n) is 13.9. The van der Waals surface area contributed by atoms with Gasteiger partial charge < -0.3 is 15.1 Å². The minimum absolute atomic E-state index is 0.0623. The summed E-state index contributed by atoms with van der Waals surface area (Å²) in [6.07, 6.45) is -0.0623. The molecule has 6 nitrogen and oxygen atoms in total. The van der Waals surface area contributed by atoms with Crippen LogP contribution in [0.4, 0.5) is 4.39 Å². The number of halogens is 1. The highest BCUT2D eigenvalue weighted by atomic mass is 19.1. The van der Waals surface area contributed by atoms with E-state index in [4.69, 9.17) is 0 Å². The summed E-state index contributed by atoms with van der Waals surface area (Å²) in [7, 11) is 1.52. The first kappa shape index (κ1) is 17.9. The van der Waals surface area contributed by atoms with Crippen LogP contribution in [-0.2, 0) is 20.8 Å². The first-order valence-electron chi connectivity index (χ1n) is 7.90. The average molecular weight is 335 g/mol. The Morgan fingerprint density at radius 3 is 2.42 bits per heavy atom. The van der Waals surface area contributed by atoms with Crippen LogP contribution in [0.1, 0.15) is 12.5 Å². The van der Waals surface area contributed by atoms with Gasteiger partial charge >= 0.3 is 0 Å². The van der Waals surface area contributed by atoms with Gasteiger partial charge in [0.1, 0.15) is 5.82 Å². The van der Waals surface area contributed by atoms with Gasteiger partial charge in [0.15, 0.2) is 0 Å². The molecule has 0 bridgehead atoms. The Hall–Kier alpha value is -2.44. The van der Waals surface area contributed by atoms with Crippen LogP contribution in [0.2, 0.25) is 0 Å². The second-order valence-corrected chi connectivity index (χ2v) is 5.88. The van der Waals surface area contributed by atoms with Gasteiger partial charge in [-0.15, -0.1) is 0 Å². The summed E-state index contributed by atoms with van der Waals surface area (Å²) in [5.41, 5.74) is 0.326. The van der Waals surface area contributed by atoms with Gasteiger partial charge in [0.2, 0.25) is 17.7 Å². The molecule has 1 heterocycles. The van der Waals surface area contributed by atoms with E-state index in [0.29, 0.717) is 18.7 Å². The number of rotatable bonds is 3. The van der Waals surface area contributed by atoms with E-state index >= 15 is 0 Å². The van der Waals surface area contributed by atoms with Crippen LogP contribution in [0.5, 0.6) is 0 Å². The molecule has 1 fully saturated rings. The lowest BCUT2D eigenvalue weighted by molar-refractivity contribution is -0.132. The van der Waals surface area contributed by atoms with Crippen LogP contribution in [0.25, 0.3) is 0 Å². The lowest BCUT2D eigenvalue weighted by Crippen LogP contribution is -2.42. The van der Waals surface area contributed by atoms with Crippen molar-refractivity contribution in [1.29, 1.82) is 0 Å². The highest BCUT2D eigenvalue weighted by Crippen LogP contribution is 2.14. The molecule has 1 aromatic rings. The van der Waals surface area contributed by atoms with Crippen LogP contribution in [-0.4, -0.2) is 60.7 Å². The zero-order valence-corrected chi connectivity index (χ0v) is 13.9. The molecular weight excluding hydrogens is 313 g/mol. The maximum absolute atomic E-state index is 13.7. The number of carbonyl (C=O) groups excluding carboxylic acids is 3. The number of nitrogens with zero attached hydrogens (tertiary/aromatic N) is 2. The first-order chi connectivity index (χ1) is 11.4. The van der Waals surface area contributed by atoms with E-state index in [1.54, 1.807) is 23.1 Å².